The number of allylic oxidation sites excluding steroid dienone is 2. The molecule has 6 heteroatoms. The number of hydrogen-bond donors (Lipinski definition) is 1. The first-order chi connectivity index (χ1) is 11.6. The molecule has 122 valence electrons. The lowest BCUT2D eigenvalue weighted by atomic mass is 9.76. The van der Waals surface area contributed by atoms with Crippen molar-refractivity contribution in [2.75, 3.05) is 5.32 Å². The summed E-state index contributed by atoms with van der Waals surface area (Å²) in [7, 11) is 0. The van der Waals surface area contributed by atoms with Crippen molar-refractivity contribution >= 4 is 11.4 Å². The van der Waals surface area contributed by atoms with Gasteiger partial charge in [0.1, 0.15) is 11.6 Å². The predicted molar refractivity (Wildman–Crippen MR) is 85.8 cm³/mol. The average Bonchev–Trinajstić information content (AvgIpc) is 3.04. The van der Waals surface area contributed by atoms with Crippen LogP contribution in [0.3, 0.4) is 0 Å². The second kappa shape index (κ2) is 5.40. The molecule has 1 heterocycles. The van der Waals surface area contributed by atoms with Gasteiger partial charge in [-0.25, -0.2) is 8.78 Å². The second-order valence-electron chi connectivity index (χ2n) is 6.14. The minimum absolute atomic E-state index is 0.00613. The van der Waals surface area contributed by atoms with Crippen molar-refractivity contribution in [3.05, 3.63) is 81.4 Å². The van der Waals surface area contributed by atoms with Gasteiger partial charge in [0.05, 0.1) is 22.2 Å². The fourth-order valence-electron chi connectivity index (χ4n) is 3.85. The molecule has 0 spiro atoms. The van der Waals surface area contributed by atoms with Crippen LogP contribution in [0.1, 0.15) is 29.5 Å². The van der Waals surface area contributed by atoms with Crippen LogP contribution in [0.2, 0.25) is 0 Å². The van der Waals surface area contributed by atoms with E-state index in [4.69, 9.17) is 0 Å². The lowest BCUT2D eigenvalue weighted by molar-refractivity contribution is -0.385. The molecule has 1 aliphatic heterocycles. The van der Waals surface area contributed by atoms with E-state index in [1.165, 1.54) is 12.1 Å². The zero-order valence-corrected chi connectivity index (χ0v) is 12.6. The van der Waals surface area contributed by atoms with Crippen LogP contribution in [0.5, 0.6) is 0 Å². The largest absolute Gasteiger partial charge is 0.375 e. The Hall–Kier alpha value is -2.76. The van der Waals surface area contributed by atoms with Crippen molar-refractivity contribution in [3.63, 3.8) is 0 Å². The first-order valence-electron chi connectivity index (χ1n) is 7.71. The molecule has 3 atom stereocenters. The normalized spacial score (nSPS) is 24.2. The molecular formula is C18H14F2N2O2. The third-order valence-corrected chi connectivity index (χ3v) is 4.85. The van der Waals surface area contributed by atoms with Gasteiger partial charge in [0.2, 0.25) is 0 Å². The van der Waals surface area contributed by atoms with Gasteiger partial charge in [-0.2, -0.15) is 0 Å². The molecule has 0 radical (unpaired) electrons. The Balaban J connectivity index is 1.86. The van der Waals surface area contributed by atoms with Gasteiger partial charge < -0.3 is 5.32 Å². The molecule has 0 saturated heterocycles. The first-order valence-corrected chi connectivity index (χ1v) is 7.71. The van der Waals surface area contributed by atoms with E-state index in [-0.39, 0.29) is 23.2 Å². The number of hydrogen-bond acceptors (Lipinski definition) is 3. The van der Waals surface area contributed by atoms with Gasteiger partial charge >= 0.3 is 0 Å². The summed E-state index contributed by atoms with van der Waals surface area (Å²) in [6, 6.07) is 8.26. The van der Waals surface area contributed by atoms with E-state index in [1.807, 2.05) is 12.2 Å². The highest BCUT2D eigenvalue weighted by molar-refractivity contribution is 5.62. The summed E-state index contributed by atoms with van der Waals surface area (Å²) in [5, 5.41) is 14.4. The SMILES string of the molecule is O=[N+]([O-])c1ccccc1[C@@H]1Nc2c(F)cc(F)cc2[C@@H]2C=CC[C@@H]21. The van der Waals surface area contributed by atoms with Gasteiger partial charge in [0.25, 0.3) is 5.69 Å². The molecule has 0 bridgehead atoms. The van der Waals surface area contributed by atoms with E-state index < -0.39 is 22.6 Å². The molecule has 2 aliphatic rings. The zero-order valence-electron chi connectivity index (χ0n) is 12.6. The van der Waals surface area contributed by atoms with Crippen molar-refractivity contribution < 1.29 is 13.7 Å². The number of benzene rings is 2. The van der Waals surface area contributed by atoms with Crippen molar-refractivity contribution in [2.24, 2.45) is 5.92 Å². The van der Waals surface area contributed by atoms with Gasteiger partial charge in [-0.15, -0.1) is 0 Å². The van der Waals surface area contributed by atoms with Crippen LogP contribution < -0.4 is 5.32 Å². The highest BCUT2D eigenvalue weighted by Crippen LogP contribution is 2.51. The highest BCUT2D eigenvalue weighted by Gasteiger charge is 2.41. The smallest absolute Gasteiger partial charge is 0.274 e. The number of nitrogens with zero attached hydrogens (tertiary/aromatic N) is 1. The summed E-state index contributed by atoms with van der Waals surface area (Å²) in [6.45, 7) is 0. The number of fused-ring (bicyclic) bond motifs is 3. The third-order valence-electron chi connectivity index (χ3n) is 4.85. The molecule has 2 aromatic rings. The van der Waals surface area contributed by atoms with Gasteiger partial charge in [0.15, 0.2) is 0 Å². The molecule has 0 saturated carbocycles. The quantitative estimate of drug-likeness (QED) is 0.494. The van der Waals surface area contributed by atoms with Crippen LogP contribution in [0.4, 0.5) is 20.2 Å². The molecule has 0 aromatic heterocycles. The maximum Gasteiger partial charge on any atom is 0.274 e. The Morgan fingerprint density at radius 3 is 2.75 bits per heavy atom. The molecule has 2 aromatic carbocycles. The number of para-hydroxylation sites is 1. The fourth-order valence-corrected chi connectivity index (χ4v) is 3.85. The van der Waals surface area contributed by atoms with Gasteiger partial charge in [-0.05, 0) is 24.0 Å². The highest BCUT2D eigenvalue weighted by atomic mass is 19.1. The fraction of sp³-hybridized carbons (Fsp3) is 0.222. The Labute approximate surface area is 137 Å². The van der Waals surface area contributed by atoms with E-state index in [2.05, 4.69) is 5.32 Å². The lowest BCUT2D eigenvalue weighted by Gasteiger charge is -2.37. The summed E-state index contributed by atoms with van der Waals surface area (Å²) in [5.74, 6) is -1.46. The molecule has 1 aliphatic carbocycles. The maximum absolute atomic E-state index is 14.3. The van der Waals surface area contributed by atoms with Gasteiger partial charge in [-0.1, -0.05) is 30.4 Å². The number of nitro groups is 1. The van der Waals surface area contributed by atoms with Crippen LogP contribution in [0.15, 0.2) is 48.6 Å². The average molecular weight is 328 g/mol. The van der Waals surface area contributed by atoms with Crippen LogP contribution in [0.25, 0.3) is 0 Å². The van der Waals surface area contributed by atoms with E-state index in [0.29, 0.717) is 17.5 Å². The topological polar surface area (TPSA) is 55.2 Å². The maximum atomic E-state index is 14.3. The van der Waals surface area contributed by atoms with Crippen molar-refractivity contribution in [2.45, 2.75) is 18.4 Å². The predicted octanol–water partition coefficient (Wildman–Crippen LogP) is 4.70. The lowest BCUT2D eigenvalue weighted by Crippen LogP contribution is -2.30. The number of rotatable bonds is 2. The summed E-state index contributed by atoms with van der Waals surface area (Å²) < 4.78 is 27.9. The van der Waals surface area contributed by atoms with E-state index in [9.17, 15) is 18.9 Å². The molecule has 4 nitrogen and oxygen atoms in total. The third kappa shape index (κ3) is 2.18. The van der Waals surface area contributed by atoms with Crippen molar-refractivity contribution in [3.8, 4) is 0 Å². The zero-order chi connectivity index (χ0) is 16.8. The molecular weight excluding hydrogens is 314 g/mol. The Kier molecular flexibility index (Phi) is 3.33. The number of anilines is 1. The minimum Gasteiger partial charge on any atom is -0.375 e. The molecule has 0 amide bonds. The first kappa shape index (κ1) is 14.8. The molecule has 0 unspecified atom stereocenters. The van der Waals surface area contributed by atoms with Gasteiger partial charge in [-0.3, -0.25) is 10.1 Å². The number of halogens is 2. The Morgan fingerprint density at radius 1 is 1.17 bits per heavy atom. The van der Waals surface area contributed by atoms with Crippen molar-refractivity contribution in [1.82, 2.24) is 0 Å². The van der Waals surface area contributed by atoms with E-state index >= 15 is 0 Å². The summed E-state index contributed by atoms with van der Waals surface area (Å²) in [4.78, 5) is 10.9. The second-order valence-corrected chi connectivity index (χ2v) is 6.14. The molecule has 24 heavy (non-hydrogen) atoms. The van der Waals surface area contributed by atoms with Gasteiger partial charge in [0, 0.05) is 18.1 Å². The standard InChI is InChI=1S/C18H14F2N2O2/c19-10-8-14-11-5-3-6-12(11)17(21-18(14)15(20)9-10)13-4-1-2-7-16(13)22(23)24/h1-5,7-9,11-12,17,21H,6H2/t11-,12+,17-/m1/s1. The van der Waals surface area contributed by atoms with Crippen LogP contribution in [-0.2, 0) is 0 Å². The molecule has 4 rings (SSSR count). The summed E-state index contributed by atoms with van der Waals surface area (Å²) in [5.41, 5.74) is 1.33. The van der Waals surface area contributed by atoms with Crippen molar-refractivity contribution in [1.29, 1.82) is 0 Å². The van der Waals surface area contributed by atoms with Crippen LogP contribution in [-0.4, -0.2) is 4.92 Å². The Morgan fingerprint density at radius 2 is 1.96 bits per heavy atom. The summed E-state index contributed by atoms with van der Waals surface area (Å²) >= 11 is 0. The minimum atomic E-state index is -0.674. The number of nitrogens with one attached hydrogen (secondary N) is 1. The van der Waals surface area contributed by atoms with Crippen LogP contribution in [0, 0.1) is 27.7 Å². The number of nitro benzene ring substituents is 1. The summed E-state index contributed by atoms with van der Waals surface area (Å²) in [6.07, 6.45) is 4.60. The monoisotopic (exact) mass is 328 g/mol. The van der Waals surface area contributed by atoms with E-state index in [1.54, 1.807) is 18.2 Å². The van der Waals surface area contributed by atoms with E-state index in [0.717, 1.165) is 6.07 Å². The van der Waals surface area contributed by atoms with Crippen LogP contribution >= 0.6 is 0 Å². The molecule has 0 fully saturated rings. The molecule has 1 N–H and O–H groups in total. The Bertz CT molecular complexity index is 866.